The van der Waals surface area contributed by atoms with Gasteiger partial charge >= 0.3 is 0 Å². The second kappa shape index (κ2) is 7.17. The van der Waals surface area contributed by atoms with Crippen molar-refractivity contribution in [2.45, 2.75) is 25.8 Å². The summed E-state index contributed by atoms with van der Waals surface area (Å²) in [5.41, 5.74) is 6.54. The van der Waals surface area contributed by atoms with Crippen LogP contribution in [0, 0.1) is 12.8 Å². The molecule has 1 unspecified atom stereocenters. The number of aromatic nitrogens is 1. The second-order valence-corrected chi connectivity index (χ2v) is 6.48. The van der Waals surface area contributed by atoms with Crippen molar-refractivity contribution in [3.8, 4) is 0 Å². The smallest absolute Gasteiger partial charge is 0.242 e. The van der Waals surface area contributed by atoms with Crippen LogP contribution in [0.2, 0.25) is 0 Å². The maximum Gasteiger partial charge on any atom is 0.242 e. The maximum atomic E-state index is 12.8. The number of nitrogens with two attached hydrogens (primary N) is 1. The Morgan fingerprint density at radius 1 is 1.25 bits per heavy atom. The van der Waals surface area contributed by atoms with E-state index in [1.165, 1.54) is 0 Å². The van der Waals surface area contributed by atoms with Gasteiger partial charge in [-0.15, -0.1) is 0 Å². The van der Waals surface area contributed by atoms with Crippen LogP contribution in [0.15, 0.2) is 18.3 Å². The fraction of sp³-hybridized carbons (Fsp3) is 0.588. The minimum Gasteiger partial charge on any atom is -0.377 e. The van der Waals surface area contributed by atoms with E-state index in [1.54, 1.807) is 4.90 Å². The van der Waals surface area contributed by atoms with Gasteiger partial charge in [0.2, 0.25) is 11.8 Å². The van der Waals surface area contributed by atoms with Crippen LogP contribution in [0.4, 0.5) is 5.82 Å². The summed E-state index contributed by atoms with van der Waals surface area (Å²) >= 11 is 0. The van der Waals surface area contributed by atoms with Crippen molar-refractivity contribution in [2.24, 2.45) is 11.7 Å². The molecule has 0 spiro atoms. The zero-order chi connectivity index (χ0) is 17.1. The average Bonchev–Trinajstić information content (AvgIpc) is 2.62. The highest BCUT2D eigenvalue weighted by Crippen LogP contribution is 2.24. The Bertz CT molecular complexity index is 596. The zero-order valence-corrected chi connectivity index (χ0v) is 14.0. The highest BCUT2D eigenvalue weighted by atomic mass is 16.5. The summed E-state index contributed by atoms with van der Waals surface area (Å²) in [6.45, 7) is 4.69. The predicted octanol–water partition coefficient (Wildman–Crippen LogP) is 0.319. The number of anilines is 1. The molecule has 2 amide bonds. The molecule has 1 aromatic rings. The Labute approximate surface area is 141 Å². The molecule has 0 bridgehead atoms. The Balaban J connectivity index is 1.60. The van der Waals surface area contributed by atoms with Crippen molar-refractivity contribution < 1.29 is 14.3 Å². The fourth-order valence-electron chi connectivity index (χ4n) is 3.34. The van der Waals surface area contributed by atoms with Gasteiger partial charge in [0.25, 0.3) is 0 Å². The van der Waals surface area contributed by atoms with Gasteiger partial charge < -0.3 is 20.3 Å². The minimum absolute atomic E-state index is 0.0265. The third-order valence-electron chi connectivity index (χ3n) is 4.80. The van der Waals surface area contributed by atoms with Gasteiger partial charge in [-0.05, 0) is 31.4 Å². The van der Waals surface area contributed by atoms with Gasteiger partial charge in [0.05, 0.1) is 13.2 Å². The Morgan fingerprint density at radius 2 is 2.00 bits per heavy atom. The third kappa shape index (κ3) is 3.51. The molecule has 1 atom stereocenters. The Kier molecular flexibility index (Phi) is 4.99. The number of nitrogens with zero attached hydrogens (tertiary/aromatic N) is 3. The van der Waals surface area contributed by atoms with Crippen LogP contribution in [0.5, 0.6) is 0 Å². The number of pyridine rings is 1. The molecule has 2 aliphatic heterocycles. The van der Waals surface area contributed by atoms with Crippen molar-refractivity contribution in [3.63, 3.8) is 0 Å². The van der Waals surface area contributed by atoms with E-state index in [4.69, 9.17) is 10.5 Å². The summed E-state index contributed by atoms with van der Waals surface area (Å²) in [6, 6.07) is 3.43. The lowest BCUT2D eigenvalue weighted by Crippen LogP contribution is -2.57. The standard InChI is InChI=1S/C17H24N4O3/c1-12-2-3-15(19-10-12)20-6-4-13(5-7-20)17(23)21-8-9-24-11-14(21)16(18)22/h2-3,10,13-14H,4-9,11H2,1H3,(H2,18,22). The molecule has 1 aromatic heterocycles. The lowest BCUT2D eigenvalue weighted by Gasteiger charge is -2.38. The number of aryl methyl sites for hydroxylation is 1. The van der Waals surface area contributed by atoms with Crippen molar-refractivity contribution in [2.75, 3.05) is 37.7 Å². The van der Waals surface area contributed by atoms with Gasteiger partial charge in [-0.25, -0.2) is 4.98 Å². The molecule has 2 N–H and O–H groups in total. The molecule has 2 aliphatic rings. The lowest BCUT2D eigenvalue weighted by atomic mass is 9.94. The molecular weight excluding hydrogens is 308 g/mol. The van der Waals surface area contributed by atoms with E-state index in [9.17, 15) is 9.59 Å². The van der Waals surface area contributed by atoms with Crippen molar-refractivity contribution >= 4 is 17.6 Å². The maximum absolute atomic E-state index is 12.8. The summed E-state index contributed by atoms with van der Waals surface area (Å²) in [5.74, 6) is 0.419. The molecule has 0 aliphatic carbocycles. The van der Waals surface area contributed by atoms with Gasteiger partial charge in [-0.1, -0.05) is 6.07 Å². The molecule has 2 saturated heterocycles. The van der Waals surface area contributed by atoms with Gasteiger partial charge in [0, 0.05) is 31.7 Å². The van der Waals surface area contributed by atoms with Gasteiger partial charge in [0.15, 0.2) is 0 Å². The number of carbonyl (C=O) groups excluding carboxylic acids is 2. The summed E-state index contributed by atoms with van der Waals surface area (Å²) in [7, 11) is 0. The first kappa shape index (κ1) is 16.7. The number of rotatable bonds is 3. The van der Waals surface area contributed by atoms with E-state index in [-0.39, 0.29) is 18.4 Å². The third-order valence-corrected chi connectivity index (χ3v) is 4.80. The first-order valence-corrected chi connectivity index (χ1v) is 8.41. The normalized spacial score (nSPS) is 22.5. The van der Waals surface area contributed by atoms with E-state index >= 15 is 0 Å². The summed E-state index contributed by atoms with van der Waals surface area (Å²) in [5, 5.41) is 0. The first-order valence-electron chi connectivity index (χ1n) is 8.41. The number of hydrogen-bond donors (Lipinski definition) is 1. The number of primary amides is 1. The highest BCUT2D eigenvalue weighted by molar-refractivity contribution is 5.88. The molecule has 3 rings (SSSR count). The van der Waals surface area contributed by atoms with E-state index in [0.29, 0.717) is 13.2 Å². The van der Waals surface area contributed by atoms with Crippen LogP contribution in [0.3, 0.4) is 0 Å². The number of piperidine rings is 1. The van der Waals surface area contributed by atoms with Crippen LogP contribution < -0.4 is 10.6 Å². The molecular formula is C17H24N4O3. The topological polar surface area (TPSA) is 88.8 Å². The van der Waals surface area contributed by atoms with E-state index in [1.807, 2.05) is 25.3 Å². The minimum atomic E-state index is -0.636. The molecule has 2 fully saturated rings. The number of hydrogen-bond acceptors (Lipinski definition) is 5. The monoisotopic (exact) mass is 332 g/mol. The molecule has 7 heteroatoms. The van der Waals surface area contributed by atoms with Crippen molar-refractivity contribution in [3.05, 3.63) is 23.9 Å². The summed E-state index contributed by atoms with van der Waals surface area (Å²) in [4.78, 5) is 32.6. The van der Waals surface area contributed by atoms with Crippen molar-refractivity contribution in [1.82, 2.24) is 9.88 Å². The van der Waals surface area contributed by atoms with E-state index in [2.05, 4.69) is 9.88 Å². The SMILES string of the molecule is Cc1ccc(N2CCC(C(=O)N3CCOCC3C(N)=O)CC2)nc1. The van der Waals surface area contributed by atoms with Crippen LogP contribution in [0.1, 0.15) is 18.4 Å². The van der Waals surface area contributed by atoms with Crippen LogP contribution in [0.25, 0.3) is 0 Å². The number of ether oxygens (including phenoxy) is 1. The fourth-order valence-corrected chi connectivity index (χ4v) is 3.34. The number of morpholine rings is 1. The molecule has 0 aromatic carbocycles. The lowest BCUT2D eigenvalue weighted by molar-refractivity contribution is -0.150. The van der Waals surface area contributed by atoms with Gasteiger partial charge in [-0.2, -0.15) is 0 Å². The van der Waals surface area contributed by atoms with E-state index in [0.717, 1.165) is 37.3 Å². The molecule has 3 heterocycles. The van der Waals surface area contributed by atoms with Crippen LogP contribution >= 0.6 is 0 Å². The Morgan fingerprint density at radius 3 is 2.62 bits per heavy atom. The summed E-state index contributed by atoms with van der Waals surface area (Å²) < 4.78 is 5.28. The molecule has 7 nitrogen and oxygen atoms in total. The average molecular weight is 332 g/mol. The van der Waals surface area contributed by atoms with Gasteiger partial charge in [-0.3, -0.25) is 9.59 Å². The quantitative estimate of drug-likeness (QED) is 0.861. The van der Waals surface area contributed by atoms with Crippen LogP contribution in [-0.2, 0) is 14.3 Å². The summed E-state index contributed by atoms with van der Waals surface area (Å²) in [6.07, 6.45) is 3.38. The number of amides is 2. The predicted molar refractivity (Wildman–Crippen MR) is 89.4 cm³/mol. The molecule has 0 radical (unpaired) electrons. The van der Waals surface area contributed by atoms with Crippen molar-refractivity contribution in [1.29, 1.82) is 0 Å². The largest absolute Gasteiger partial charge is 0.377 e. The van der Waals surface area contributed by atoms with E-state index < -0.39 is 11.9 Å². The first-order chi connectivity index (χ1) is 11.6. The molecule has 130 valence electrons. The second-order valence-electron chi connectivity index (χ2n) is 6.48. The van der Waals surface area contributed by atoms with Crippen LogP contribution in [-0.4, -0.2) is 60.6 Å². The number of carbonyl (C=O) groups is 2. The molecule has 0 saturated carbocycles. The van der Waals surface area contributed by atoms with Gasteiger partial charge in [0.1, 0.15) is 11.9 Å². The molecule has 24 heavy (non-hydrogen) atoms. The zero-order valence-electron chi connectivity index (χ0n) is 14.0. The highest BCUT2D eigenvalue weighted by Gasteiger charge is 2.36. The Hall–Kier alpha value is -2.15.